The molecule has 2 aliphatic heterocycles. The minimum atomic E-state index is -0.870. The molecule has 0 aromatic heterocycles. The number of rotatable bonds is 5. The zero-order chi connectivity index (χ0) is 17.6. The normalized spacial score (nSPS) is 27.3. The molecule has 0 aromatic rings. The number of ether oxygens (including phenoxy) is 2. The van der Waals surface area contributed by atoms with Gasteiger partial charge in [0, 0.05) is 47.5 Å². The van der Waals surface area contributed by atoms with Crippen LogP contribution in [0, 0.1) is 0 Å². The Kier molecular flexibility index (Phi) is 7.50. The predicted octanol–water partition coefficient (Wildman–Crippen LogP) is 1.38. The topological polar surface area (TPSA) is 63.2 Å². The molecule has 2 aliphatic rings. The van der Waals surface area contributed by atoms with Crippen LogP contribution in [0.5, 0.6) is 0 Å². The second kappa shape index (κ2) is 9.15. The average molecular weight is 360 g/mol. The van der Waals surface area contributed by atoms with Crippen molar-refractivity contribution in [3.05, 3.63) is 0 Å². The molecular weight excluding hydrogens is 326 g/mol. The molecule has 0 saturated carbocycles. The summed E-state index contributed by atoms with van der Waals surface area (Å²) < 4.78 is 23.7. The van der Waals surface area contributed by atoms with Gasteiger partial charge in [0.15, 0.2) is 5.96 Å². The van der Waals surface area contributed by atoms with Gasteiger partial charge in [0.2, 0.25) is 0 Å². The molecule has 0 amide bonds. The van der Waals surface area contributed by atoms with E-state index in [0.717, 1.165) is 45.0 Å². The van der Waals surface area contributed by atoms with Crippen LogP contribution >= 0.6 is 0 Å². The van der Waals surface area contributed by atoms with Crippen molar-refractivity contribution >= 4 is 16.8 Å². The van der Waals surface area contributed by atoms with E-state index < -0.39 is 10.8 Å². The number of nitrogens with one attached hydrogen (secondary N) is 1. The van der Waals surface area contributed by atoms with E-state index in [1.807, 2.05) is 20.8 Å². The number of nitrogens with zero attached hydrogens (tertiary/aromatic N) is 2. The van der Waals surface area contributed by atoms with Gasteiger partial charge in [-0.3, -0.25) is 9.20 Å². The molecule has 1 N–H and O–H groups in total. The molecular formula is C17H33N3O3S. The van der Waals surface area contributed by atoms with Crippen LogP contribution < -0.4 is 5.32 Å². The van der Waals surface area contributed by atoms with Gasteiger partial charge in [0.05, 0.1) is 19.3 Å². The zero-order valence-electron chi connectivity index (χ0n) is 15.5. The van der Waals surface area contributed by atoms with Gasteiger partial charge in [-0.25, -0.2) is 0 Å². The lowest BCUT2D eigenvalue weighted by atomic mass is 10.1. The second-order valence-corrected chi connectivity index (χ2v) is 9.63. The summed E-state index contributed by atoms with van der Waals surface area (Å²) in [5.41, 5.74) is 0. The number of aliphatic imine (C=N–C) groups is 1. The van der Waals surface area contributed by atoms with E-state index in [0.29, 0.717) is 18.9 Å². The zero-order valence-corrected chi connectivity index (χ0v) is 16.4. The van der Waals surface area contributed by atoms with E-state index >= 15 is 0 Å². The molecule has 140 valence electrons. The fraction of sp³-hybridized carbons (Fsp3) is 0.941. The van der Waals surface area contributed by atoms with Crippen LogP contribution in [-0.2, 0) is 20.3 Å². The van der Waals surface area contributed by atoms with Crippen molar-refractivity contribution < 1.29 is 13.7 Å². The van der Waals surface area contributed by atoms with Crippen molar-refractivity contribution in [1.29, 1.82) is 0 Å². The van der Waals surface area contributed by atoms with Gasteiger partial charge >= 0.3 is 0 Å². The SMILES string of the molecule is CCNC(=NCCS(=O)C(C)(C)C)N1CCOC(C2CCCO2)C1. The molecule has 24 heavy (non-hydrogen) atoms. The lowest BCUT2D eigenvalue weighted by Crippen LogP contribution is -2.53. The maximum Gasteiger partial charge on any atom is 0.194 e. The molecule has 3 atom stereocenters. The van der Waals surface area contributed by atoms with Crippen LogP contribution in [0.15, 0.2) is 4.99 Å². The third kappa shape index (κ3) is 5.70. The standard InChI is InChI=1S/C17H33N3O3S/c1-5-18-16(19-8-12-24(21)17(2,3)4)20-9-11-23-15(13-20)14-7-6-10-22-14/h14-15H,5-13H2,1-4H3,(H,18,19). The van der Waals surface area contributed by atoms with E-state index in [9.17, 15) is 4.21 Å². The van der Waals surface area contributed by atoms with Gasteiger partial charge in [-0.2, -0.15) is 0 Å². The number of guanidine groups is 1. The van der Waals surface area contributed by atoms with E-state index in [1.165, 1.54) is 0 Å². The summed E-state index contributed by atoms with van der Waals surface area (Å²) in [6.45, 7) is 12.7. The Morgan fingerprint density at radius 2 is 2.04 bits per heavy atom. The summed E-state index contributed by atoms with van der Waals surface area (Å²) >= 11 is 0. The lowest BCUT2D eigenvalue weighted by Gasteiger charge is -2.37. The minimum absolute atomic E-state index is 0.119. The summed E-state index contributed by atoms with van der Waals surface area (Å²) in [4.78, 5) is 6.94. The highest BCUT2D eigenvalue weighted by atomic mass is 32.2. The first-order chi connectivity index (χ1) is 11.4. The molecule has 7 heteroatoms. The van der Waals surface area contributed by atoms with E-state index in [-0.39, 0.29) is 17.0 Å². The van der Waals surface area contributed by atoms with Gasteiger partial charge in [0.1, 0.15) is 6.10 Å². The Morgan fingerprint density at radius 3 is 2.67 bits per heavy atom. The highest BCUT2D eigenvalue weighted by molar-refractivity contribution is 7.86. The van der Waals surface area contributed by atoms with E-state index in [2.05, 4.69) is 17.1 Å². The largest absolute Gasteiger partial charge is 0.375 e. The van der Waals surface area contributed by atoms with Crippen LogP contribution in [0.1, 0.15) is 40.5 Å². The van der Waals surface area contributed by atoms with Crippen molar-refractivity contribution in [2.45, 2.75) is 57.5 Å². The maximum absolute atomic E-state index is 12.2. The van der Waals surface area contributed by atoms with Gasteiger partial charge in [-0.05, 0) is 40.5 Å². The van der Waals surface area contributed by atoms with Crippen molar-refractivity contribution in [2.24, 2.45) is 4.99 Å². The van der Waals surface area contributed by atoms with Crippen molar-refractivity contribution in [1.82, 2.24) is 10.2 Å². The first-order valence-corrected chi connectivity index (χ1v) is 10.4. The van der Waals surface area contributed by atoms with Crippen molar-refractivity contribution in [2.75, 3.05) is 45.1 Å². The Morgan fingerprint density at radius 1 is 1.29 bits per heavy atom. The Balaban J connectivity index is 1.92. The molecule has 6 nitrogen and oxygen atoms in total. The molecule has 0 aromatic carbocycles. The monoisotopic (exact) mass is 359 g/mol. The van der Waals surface area contributed by atoms with Crippen LogP contribution in [0.25, 0.3) is 0 Å². The van der Waals surface area contributed by atoms with Crippen LogP contribution in [0.3, 0.4) is 0 Å². The van der Waals surface area contributed by atoms with E-state index in [4.69, 9.17) is 14.5 Å². The number of morpholine rings is 1. The summed E-state index contributed by atoms with van der Waals surface area (Å²) in [7, 11) is -0.870. The summed E-state index contributed by atoms with van der Waals surface area (Å²) in [6.07, 6.45) is 2.53. The highest BCUT2D eigenvalue weighted by Crippen LogP contribution is 2.21. The van der Waals surface area contributed by atoms with Gasteiger partial charge < -0.3 is 19.7 Å². The predicted molar refractivity (Wildman–Crippen MR) is 99.0 cm³/mol. The first-order valence-electron chi connectivity index (χ1n) is 9.06. The molecule has 0 aliphatic carbocycles. The van der Waals surface area contributed by atoms with Gasteiger partial charge in [-0.15, -0.1) is 0 Å². The summed E-state index contributed by atoms with van der Waals surface area (Å²) in [5, 5.41) is 3.36. The number of hydrogen-bond acceptors (Lipinski definition) is 4. The smallest absolute Gasteiger partial charge is 0.194 e. The van der Waals surface area contributed by atoms with Crippen LogP contribution in [0.2, 0.25) is 0 Å². The molecule has 3 unspecified atom stereocenters. The summed E-state index contributed by atoms with van der Waals surface area (Å²) in [6, 6.07) is 0. The van der Waals surface area contributed by atoms with Crippen molar-refractivity contribution in [3.63, 3.8) is 0 Å². The van der Waals surface area contributed by atoms with Gasteiger partial charge in [0.25, 0.3) is 0 Å². The quantitative estimate of drug-likeness (QED) is 0.593. The molecule has 0 radical (unpaired) electrons. The molecule has 2 fully saturated rings. The molecule has 0 bridgehead atoms. The fourth-order valence-electron chi connectivity index (χ4n) is 2.95. The Bertz CT molecular complexity index is 445. The summed E-state index contributed by atoms with van der Waals surface area (Å²) in [5.74, 6) is 1.49. The number of hydrogen-bond donors (Lipinski definition) is 1. The Labute approximate surface area is 148 Å². The molecule has 2 saturated heterocycles. The third-order valence-electron chi connectivity index (χ3n) is 4.33. The molecule has 2 rings (SSSR count). The second-order valence-electron chi connectivity index (χ2n) is 7.30. The van der Waals surface area contributed by atoms with Crippen LogP contribution in [-0.4, -0.2) is 77.2 Å². The third-order valence-corrected chi connectivity index (χ3v) is 6.25. The average Bonchev–Trinajstić information content (AvgIpc) is 3.07. The fourth-order valence-corrected chi connectivity index (χ4v) is 3.82. The molecule has 2 heterocycles. The lowest BCUT2D eigenvalue weighted by molar-refractivity contribution is -0.0816. The first kappa shape index (κ1) is 19.7. The minimum Gasteiger partial charge on any atom is -0.375 e. The van der Waals surface area contributed by atoms with Crippen molar-refractivity contribution in [3.8, 4) is 0 Å². The van der Waals surface area contributed by atoms with Gasteiger partial charge in [-0.1, -0.05) is 0 Å². The maximum atomic E-state index is 12.2. The highest BCUT2D eigenvalue weighted by Gasteiger charge is 2.32. The van der Waals surface area contributed by atoms with E-state index in [1.54, 1.807) is 0 Å². The molecule has 0 spiro atoms. The Hall–Kier alpha value is -0.660. The van der Waals surface area contributed by atoms with Crippen LogP contribution in [0.4, 0.5) is 0 Å².